The number of fused-ring (bicyclic) bond motifs is 16. The van der Waals surface area contributed by atoms with E-state index in [1.165, 1.54) is 0 Å². The summed E-state index contributed by atoms with van der Waals surface area (Å²) in [4.78, 5) is 5.21. The highest BCUT2D eigenvalue weighted by molar-refractivity contribution is 6.14. The molecule has 3 aromatic heterocycles. The second kappa shape index (κ2) is 10.8. The van der Waals surface area contributed by atoms with Crippen LogP contribution in [-0.2, 0) is 5.41 Å². The Morgan fingerprint density at radius 1 is 0.411 bits per heavy atom. The van der Waals surface area contributed by atoms with E-state index >= 15 is 0 Å². The van der Waals surface area contributed by atoms with Gasteiger partial charge in [-0.05, 0) is 66.7 Å². The molecule has 2 aliphatic rings. The molecule has 1 spiro atoms. The van der Waals surface area contributed by atoms with Crippen LogP contribution in [0.1, 0.15) is 22.3 Å². The highest BCUT2D eigenvalue weighted by Crippen LogP contribution is 2.61. The summed E-state index contributed by atoms with van der Waals surface area (Å²) >= 11 is 0. The van der Waals surface area contributed by atoms with Crippen LogP contribution in [0.3, 0.4) is 0 Å². The molecule has 0 bridgehead atoms. The van der Waals surface area contributed by atoms with Crippen LogP contribution < -0.4 is 9.47 Å². The number of aromatic nitrogens is 4. The number of nitrogens with zero attached hydrogens (tertiary/aromatic N) is 4. The summed E-state index contributed by atoms with van der Waals surface area (Å²) in [6.07, 6.45) is 0. The van der Waals surface area contributed by atoms with E-state index in [2.05, 4.69) is 183 Å². The number of para-hydroxylation sites is 8. The second-order valence-electron chi connectivity index (χ2n) is 14.7. The molecule has 0 unspecified atom stereocenters. The Balaban J connectivity index is 1.09. The third-order valence-corrected chi connectivity index (χ3v) is 12.0. The minimum atomic E-state index is -0.642. The van der Waals surface area contributed by atoms with Crippen molar-refractivity contribution in [3.63, 3.8) is 0 Å². The van der Waals surface area contributed by atoms with Gasteiger partial charge in [-0.1, -0.05) is 109 Å². The van der Waals surface area contributed by atoms with Gasteiger partial charge >= 0.3 is 0 Å². The molecule has 11 aromatic rings. The van der Waals surface area contributed by atoms with Gasteiger partial charge in [0.15, 0.2) is 0 Å². The monoisotopic (exact) mass is 718 g/mol. The number of hydrogen-bond donors (Lipinski definition) is 0. The molecule has 5 heterocycles. The Kier molecular flexibility index (Phi) is 5.74. The van der Waals surface area contributed by atoms with Crippen LogP contribution in [0, 0.1) is 0 Å². The van der Waals surface area contributed by atoms with E-state index in [0.29, 0.717) is 0 Å². The lowest BCUT2D eigenvalue weighted by atomic mass is 9.62. The average molecular weight is 719 g/mol. The minimum absolute atomic E-state index is 0.642. The molecule has 8 aromatic carbocycles. The standard InChI is InChI=1S/C50H30N4O2/c1-6-19-38-32(14-1)48-42(23-13-24-43(48)54-41-22-9-8-21-40(41)53-39-20-7-5-18-37(39)51-49(53)54)52(38)31-28-29-36-47(30-31)56-46-27-12-4-17-35(46)50(36)33-15-2-10-25-44(33)55-45-26-11-3-16-34(45)50/h1-30H. The Hall–Kier alpha value is -7.57. The summed E-state index contributed by atoms with van der Waals surface area (Å²) in [6, 6.07) is 64.3. The van der Waals surface area contributed by atoms with Crippen LogP contribution >= 0.6 is 0 Å². The molecule has 0 aliphatic carbocycles. The van der Waals surface area contributed by atoms with Gasteiger partial charge in [0.2, 0.25) is 5.78 Å². The number of ether oxygens (including phenoxy) is 2. The van der Waals surface area contributed by atoms with E-state index in [9.17, 15) is 0 Å². The highest BCUT2D eigenvalue weighted by Gasteiger charge is 2.50. The molecule has 0 saturated carbocycles. The number of imidazole rings is 2. The van der Waals surface area contributed by atoms with Gasteiger partial charge in [-0.2, -0.15) is 0 Å². The van der Waals surface area contributed by atoms with Crippen molar-refractivity contribution < 1.29 is 9.47 Å². The SMILES string of the molecule is c1ccc2c(c1)Oc1ccccc1C21c2ccccc2Oc2cc(-n3c4ccccc4c4c(-n5c6ccccc6n6c7ccccc7nc56)cccc43)ccc21. The molecule has 0 N–H and O–H groups in total. The molecule has 0 amide bonds. The number of rotatable bonds is 2. The largest absolute Gasteiger partial charge is 0.457 e. The van der Waals surface area contributed by atoms with Crippen LogP contribution in [0.15, 0.2) is 182 Å². The third-order valence-electron chi connectivity index (χ3n) is 12.0. The first-order valence-electron chi connectivity index (χ1n) is 19.0. The summed E-state index contributed by atoms with van der Waals surface area (Å²) in [6.45, 7) is 0. The fourth-order valence-corrected chi connectivity index (χ4v) is 9.80. The van der Waals surface area contributed by atoms with Crippen molar-refractivity contribution in [3.05, 3.63) is 204 Å². The van der Waals surface area contributed by atoms with Crippen molar-refractivity contribution in [3.8, 4) is 34.4 Å². The number of benzene rings is 8. The van der Waals surface area contributed by atoms with E-state index < -0.39 is 5.41 Å². The van der Waals surface area contributed by atoms with Crippen molar-refractivity contribution >= 4 is 49.7 Å². The zero-order valence-corrected chi connectivity index (χ0v) is 29.9. The number of hydrogen-bond acceptors (Lipinski definition) is 3. The maximum atomic E-state index is 6.94. The lowest BCUT2D eigenvalue weighted by Crippen LogP contribution is -2.36. The van der Waals surface area contributed by atoms with Crippen molar-refractivity contribution in [1.29, 1.82) is 0 Å². The molecule has 0 fully saturated rings. The summed E-state index contributed by atoms with van der Waals surface area (Å²) < 4.78 is 20.5. The third kappa shape index (κ3) is 3.68. The van der Waals surface area contributed by atoms with E-state index in [4.69, 9.17) is 14.5 Å². The quantitative estimate of drug-likeness (QED) is 0.179. The van der Waals surface area contributed by atoms with Crippen molar-refractivity contribution in [2.75, 3.05) is 0 Å². The average Bonchev–Trinajstić information content (AvgIpc) is 3.90. The molecule has 2 aliphatic heterocycles. The van der Waals surface area contributed by atoms with Crippen LogP contribution in [-0.4, -0.2) is 18.5 Å². The van der Waals surface area contributed by atoms with Gasteiger partial charge in [0.25, 0.3) is 0 Å². The zero-order valence-electron chi connectivity index (χ0n) is 29.9. The Morgan fingerprint density at radius 2 is 0.964 bits per heavy atom. The van der Waals surface area contributed by atoms with Crippen molar-refractivity contribution in [1.82, 2.24) is 18.5 Å². The normalized spacial score (nSPS) is 13.8. The molecule has 262 valence electrons. The summed E-state index contributed by atoms with van der Waals surface area (Å²) in [5, 5.41) is 2.32. The first-order chi connectivity index (χ1) is 27.8. The van der Waals surface area contributed by atoms with E-state index in [1.807, 2.05) is 12.1 Å². The molecule has 0 saturated heterocycles. The Morgan fingerprint density at radius 3 is 1.70 bits per heavy atom. The molecule has 0 radical (unpaired) electrons. The predicted molar refractivity (Wildman–Crippen MR) is 222 cm³/mol. The lowest BCUT2D eigenvalue weighted by Gasteiger charge is -2.44. The molecule has 0 atom stereocenters. The Bertz CT molecular complexity index is 3390. The summed E-state index contributed by atoms with van der Waals surface area (Å²) in [5.74, 6) is 4.25. The fourth-order valence-electron chi connectivity index (χ4n) is 9.80. The molecule has 13 rings (SSSR count). The van der Waals surface area contributed by atoms with E-state index in [1.54, 1.807) is 0 Å². The molecule has 6 heteroatoms. The van der Waals surface area contributed by atoms with Crippen LogP contribution in [0.25, 0.3) is 61.0 Å². The van der Waals surface area contributed by atoms with Gasteiger partial charge in [0, 0.05) is 44.8 Å². The van der Waals surface area contributed by atoms with E-state index in [-0.39, 0.29) is 0 Å². The van der Waals surface area contributed by atoms with Gasteiger partial charge in [-0.3, -0.25) is 8.97 Å². The molecule has 6 nitrogen and oxygen atoms in total. The van der Waals surface area contributed by atoms with Gasteiger partial charge in [-0.25, -0.2) is 4.98 Å². The fraction of sp³-hybridized carbons (Fsp3) is 0.0200. The van der Waals surface area contributed by atoms with Gasteiger partial charge in [0.1, 0.15) is 23.0 Å². The van der Waals surface area contributed by atoms with Crippen molar-refractivity contribution in [2.45, 2.75) is 5.41 Å². The lowest BCUT2D eigenvalue weighted by molar-refractivity contribution is 0.399. The van der Waals surface area contributed by atoms with Gasteiger partial charge in [0.05, 0.1) is 44.2 Å². The van der Waals surface area contributed by atoms with Crippen LogP contribution in [0.2, 0.25) is 0 Å². The molecular weight excluding hydrogens is 689 g/mol. The molecular formula is C50H30N4O2. The molecule has 56 heavy (non-hydrogen) atoms. The smallest absolute Gasteiger partial charge is 0.220 e. The maximum Gasteiger partial charge on any atom is 0.220 e. The Labute approximate surface area is 320 Å². The first kappa shape index (κ1) is 29.8. The van der Waals surface area contributed by atoms with Crippen molar-refractivity contribution in [2.24, 2.45) is 0 Å². The van der Waals surface area contributed by atoms with Gasteiger partial charge in [-0.15, -0.1) is 0 Å². The first-order valence-corrected chi connectivity index (χ1v) is 19.0. The topological polar surface area (TPSA) is 45.6 Å². The summed E-state index contributed by atoms with van der Waals surface area (Å²) in [5.41, 5.74) is 12.3. The van der Waals surface area contributed by atoms with E-state index in [0.717, 1.165) is 106 Å². The maximum absolute atomic E-state index is 6.94. The van der Waals surface area contributed by atoms with Crippen LogP contribution in [0.4, 0.5) is 0 Å². The second-order valence-corrected chi connectivity index (χ2v) is 14.7. The minimum Gasteiger partial charge on any atom is -0.457 e. The zero-order chi connectivity index (χ0) is 36.5. The van der Waals surface area contributed by atoms with Gasteiger partial charge < -0.3 is 14.0 Å². The predicted octanol–water partition coefficient (Wildman–Crippen LogP) is 12.1. The summed E-state index contributed by atoms with van der Waals surface area (Å²) in [7, 11) is 0. The van der Waals surface area contributed by atoms with Crippen LogP contribution in [0.5, 0.6) is 23.0 Å². The highest BCUT2D eigenvalue weighted by atomic mass is 16.5.